The average molecular weight is 241 g/mol. The summed E-state index contributed by atoms with van der Waals surface area (Å²) in [4.78, 5) is 13.7. The van der Waals surface area contributed by atoms with E-state index in [-0.39, 0.29) is 18.1 Å². The molecule has 0 spiro atoms. The van der Waals surface area contributed by atoms with Gasteiger partial charge in [-0.1, -0.05) is 6.08 Å². The molecule has 2 unspecified atom stereocenters. The van der Waals surface area contributed by atoms with E-state index in [4.69, 9.17) is 4.74 Å². The Hall–Kier alpha value is -0.910. The van der Waals surface area contributed by atoms with Gasteiger partial charge in [-0.05, 0) is 14.0 Å². The van der Waals surface area contributed by atoms with Crippen LogP contribution in [0.15, 0.2) is 12.7 Å². The third-order valence-electron chi connectivity index (χ3n) is 2.96. The van der Waals surface area contributed by atoms with Crippen LogP contribution in [0.1, 0.15) is 6.92 Å². The summed E-state index contributed by atoms with van der Waals surface area (Å²) in [7, 11) is 1.94. The molecule has 0 aromatic rings. The van der Waals surface area contributed by atoms with E-state index in [1.807, 2.05) is 18.9 Å². The Morgan fingerprint density at radius 1 is 1.76 bits per heavy atom. The quantitative estimate of drug-likeness (QED) is 0.621. The van der Waals surface area contributed by atoms with Crippen LogP contribution in [0.4, 0.5) is 0 Å². The summed E-state index contributed by atoms with van der Waals surface area (Å²) < 4.78 is 5.61. The van der Waals surface area contributed by atoms with Crippen LogP contribution in [0.25, 0.3) is 0 Å². The number of nitrogens with zero attached hydrogens (tertiary/aromatic N) is 1. The Morgan fingerprint density at radius 3 is 3.12 bits per heavy atom. The van der Waals surface area contributed by atoms with E-state index in [0.29, 0.717) is 6.54 Å². The van der Waals surface area contributed by atoms with Gasteiger partial charge in [0.25, 0.3) is 0 Å². The minimum Gasteiger partial charge on any atom is -0.374 e. The van der Waals surface area contributed by atoms with E-state index in [1.165, 1.54) is 0 Å². The van der Waals surface area contributed by atoms with Gasteiger partial charge in [-0.25, -0.2) is 0 Å². The number of hydrogen-bond donors (Lipinski definition) is 2. The number of amides is 1. The summed E-state index contributed by atoms with van der Waals surface area (Å²) >= 11 is 0. The Bertz CT molecular complexity index is 252. The lowest BCUT2D eigenvalue weighted by atomic mass is 10.2. The third-order valence-corrected chi connectivity index (χ3v) is 2.96. The number of carbonyl (C=O) groups excluding carboxylic acids is 1. The Balaban J connectivity index is 2.31. The van der Waals surface area contributed by atoms with Crippen LogP contribution in [0.5, 0.6) is 0 Å². The van der Waals surface area contributed by atoms with Crippen molar-refractivity contribution in [3.05, 3.63) is 12.7 Å². The molecule has 98 valence electrons. The second-order valence-corrected chi connectivity index (χ2v) is 4.35. The number of rotatable bonds is 6. The van der Waals surface area contributed by atoms with E-state index >= 15 is 0 Å². The molecule has 5 heteroatoms. The fourth-order valence-electron chi connectivity index (χ4n) is 1.74. The molecule has 0 bridgehead atoms. The zero-order chi connectivity index (χ0) is 12.7. The number of morpholine rings is 1. The topological polar surface area (TPSA) is 53.6 Å². The van der Waals surface area contributed by atoms with Crippen molar-refractivity contribution in [1.82, 2.24) is 15.5 Å². The van der Waals surface area contributed by atoms with Crippen molar-refractivity contribution >= 4 is 5.91 Å². The molecule has 1 fully saturated rings. The van der Waals surface area contributed by atoms with Crippen molar-refractivity contribution in [3.8, 4) is 0 Å². The number of likely N-dealkylation sites (N-methyl/N-ethyl adjacent to an activating group) is 1. The van der Waals surface area contributed by atoms with Crippen LogP contribution in [0, 0.1) is 0 Å². The molecule has 1 saturated heterocycles. The monoisotopic (exact) mass is 241 g/mol. The lowest BCUT2D eigenvalue weighted by Gasteiger charge is -2.30. The minimum absolute atomic E-state index is 0.0242. The molecular formula is C12H23N3O2. The lowest BCUT2D eigenvalue weighted by Crippen LogP contribution is -2.50. The van der Waals surface area contributed by atoms with Gasteiger partial charge in [0.15, 0.2) is 0 Å². The molecular weight excluding hydrogens is 218 g/mol. The van der Waals surface area contributed by atoms with Gasteiger partial charge in [0.05, 0.1) is 18.8 Å². The predicted octanol–water partition coefficient (Wildman–Crippen LogP) is -0.403. The maximum absolute atomic E-state index is 11.7. The van der Waals surface area contributed by atoms with E-state index in [0.717, 1.165) is 26.2 Å². The Kier molecular flexibility index (Phi) is 6.18. The first kappa shape index (κ1) is 14.2. The first-order valence-electron chi connectivity index (χ1n) is 6.06. The second-order valence-electron chi connectivity index (χ2n) is 4.35. The fraction of sp³-hybridized carbons (Fsp3) is 0.750. The highest BCUT2D eigenvalue weighted by Crippen LogP contribution is 2.02. The van der Waals surface area contributed by atoms with Crippen LogP contribution in [-0.2, 0) is 9.53 Å². The van der Waals surface area contributed by atoms with Crippen molar-refractivity contribution < 1.29 is 9.53 Å². The van der Waals surface area contributed by atoms with Crippen LogP contribution in [-0.4, -0.2) is 62.8 Å². The van der Waals surface area contributed by atoms with Gasteiger partial charge < -0.3 is 15.4 Å². The first-order valence-corrected chi connectivity index (χ1v) is 6.06. The van der Waals surface area contributed by atoms with Gasteiger partial charge >= 0.3 is 0 Å². The van der Waals surface area contributed by atoms with Gasteiger partial charge in [-0.3, -0.25) is 9.69 Å². The molecule has 0 aromatic carbocycles. The highest BCUT2D eigenvalue weighted by atomic mass is 16.5. The molecule has 0 aliphatic carbocycles. The number of nitrogens with one attached hydrogen (secondary N) is 2. The average Bonchev–Trinajstić information content (AvgIpc) is 2.36. The molecule has 0 radical (unpaired) electrons. The highest BCUT2D eigenvalue weighted by Gasteiger charge is 2.22. The number of hydrogen-bond acceptors (Lipinski definition) is 4. The van der Waals surface area contributed by atoms with Gasteiger partial charge in [-0.2, -0.15) is 0 Å². The lowest BCUT2D eigenvalue weighted by molar-refractivity contribution is -0.125. The first-order chi connectivity index (χ1) is 8.15. The zero-order valence-electron chi connectivity index (χ0n) is 10.7. The van der Waals surface area contributed by atoms with Crippen molar-refractivity contribution in [2.45, 2.75) is 19.1 Å². The van der Waals surface area contributed by atoms with Crippen molar-refractivity contribution in [1.29, 1.82) is 0 Å². The van der Waals surface area contributed by atoms with Crippen LogP contribution in [0.2, 0.25) is 0 Å². The summed E-state index contributed by atoms with van der Waals surface area (Å²) in [5, 5.41) is 6.07. The van der Waals surface area contributed by atoms with Gasteiger partial charge in [-0.15, -0.1) is 6.58 Å². The standard InChI is InChI=1S/C12H23N3O2/c1-4-5-14-12(16)10(2)15(3)9-11-8-13-6-7-17-11/h4,10-11,13H,1,5-9H2,2-3H3,(H,14,16). The summed E-state index contributed by atoms with van der Waals surface area (Å²) in [6.07, 6.45) is 1.85. The van der Waals surface area contributed by atoms with E-state index in [1.54, 1.807) is 6.08 Å². The molecule has 17 heavy (non-hydrogen) atoms. The summed E-state index contributed by atoms with van der Waals surface area (Å²) in [6, 6.07) is -0.152. The van der Waals surface area contributed by atoms with Crippen molar-refractivity contribution in [3.63, 3.8) is 0 Å². The maximum atomic E-state index is 11.7. The van der Waals surface area contributed by atoms with Crippen molar-refractivity contribution in [2.75, 3.05) is 39.8 Å². The SMILES string of the molecule is C=CCNC(=O)C(C)N(C)CC1CNCCO1. The molecule has 1 heterocycles. The van der Waals surface area contributed by atoms with Crippen molar-refractivity contribution in [2.24, 2.45) is 0 Å². The Labute approximate surface area is 103 Å². The normalized spacial score (nSPS) is 22.2. The molecule has 2 N–H and O–H groups in total. The minimum atomic E-state index is -0.152. The number of ether oxygens (including phenoxy) is 1. The van der Waals surface area contributed by atoms with Crippen LogP contribution >= 0.6 is 0 Å². The fourth-order valence-corrected chi connectivity index (χ4v) is 1.74. The molecule has 1 amide bonds. The summed E-state index contributed by atoms with van der Waals surface area (Å²) in [6.45, 7) is 9.25. The molecule has 0 saturated carbocycles. The summed E-state index contributed by atoms with van der Waals surface area (Å²) in [5.41, 5.74) is 0. The zero-order valence-corrected chi connectivity index (χ0v) is 10.7. The maximum Gasteiger partial charge on any atom is 0.237 e. The molecule has 1 aliphatic rings. The molecule has 1 rings (SSSR count). The van der Waals surface area contributed by atoms with Gasteiger partial charge in [0.2, 0.25) is 5.91 Å². The smallest absolute Gasteiger partial charge is 0.237 e. The molecule has 1 aliphatic heterocycles. The molecule has 0 aromatic heterocycles. The van der Waals surface area contributed by atoms with Crippen LogP contribution in [0.3, 0.4) is 0 Å². The second kappa shape index (κ2) is 7.42. The van der Waals surface area contributed by atoms with Crippen LogP contribution < -0.4 is 10.6 Å². The highest BCUT2D eigenvalue weighted by molar-refractivity contribution is 5.81. The third kappa shape index (κ3) is 4.85. The van der Waals surface area contributed by atoms with Gasteiger partial charge in [0.1, 0.15) is 0 Å². The Morgan fingerprint density at radius 2 is 2.53 bits per heavy atom. The van der Waals surface area contributed by atoms with E-state index in [2.05, 4.69) is 17.2 Å². The predicted molar refractivity (Wildman–Crippen MR) is 67.9 cm³/mol. The van der Waals surface area contributed by atoms with E-state index < -0.39 is 0 Å². The van der Waals surface area contributed by atoms with E-state index in [9.17, 15) is 4.79 Å². The van der Waals surface area contributed by atoms with Gasteiger partial charge in [0, 0.05) is 26.2 Å². The number of carbonyl (C=O) groups is 1. The summed E-state index contributed by atoms with van der Waals surface area (Å²) in [5.74, 6) is 0.0242. The molecule has 2 atom stereocenters. The largest absolute Gasteiger partial charge is 0.374 e. The molecule has 5 nitrogen and oxygen atoms in total.